The number of unbranched alkanes of at least 4 members (excludes halogenated alkanes) is 2. The Bertz CT molecular complexity index is 871. The third kappa shape index (κ3) is 10.4. The van der Waals surface area contributed by atoms with Crippen molar-refractivity contribution in [3.05, 3.63) is 59.4 Å². The van der Waals surface area contributed by atoms with Crippen molar-refractivity contribution in [2.75, 3.05) is 26.4 Å². The summed E-state index contributed by atoms with van der Waals surface area (Å²) in [5.74, 6) is -1.06. The van der Waals surface area contributed by atoms with Gasteiger partial charge in [0, 0.05) is 0 Å². The number of esters is 2. The number of benzene rings is 1. The van der Waals surface area contributed by atoms with Crippen molar-refractivity contribution < 1.29 is 33.7 Å². The van der Waals surface area contributed by atoms with Gasteiger partial charge in [-0.25, -0.2) is 14.0 Å². The molecule has 0 heterocycles. The van der Waals surface area contributed by atoms with Crippen LogP contribution in [-0.2, 0) is 25.5 Å². The van der Waals surface area contributed by atoms with Gasteiger partial charge in [0.1, 0.15) is 19.0 Å². The highest BCUT2D eigenvalue weighted by Crippen LogP contribution is 2.34. The Labute approximate surface area is 220 Å². The number of aliphatic hydroxyl groups is 2. The highest BCUT2D eigenvalue weighted by Gasteiger charge is 2.23. The first-order chi connectivity index (χ1) is 17.8. The lowest BCUT2D eigenvalue weighted by Gasteiger charge is -2.28. The van der Waals surface area contributed by atoms with Crippen LogP contribution in [0.25, 0.3) is 0 Å². The van der Waals surface area contributed by atoms with E-state index < -0.39 is 31.1 Å². The maximum absolute atomic E-state index is 15.1. The van der Waals surface area contributed by atoms with Crippen LogP contribution in [0.2, 0.25) is 0 Å². The van der Waals surface area contributed by atoms with Gasteiger partial charge in [0.25, 0.3) is 0 Å². The van der Waals surface area contributed by atoms with Gasteiger partial charge in [-0.05, 0) is 41.9 Å². The second-order valence-electron chi connectivity index (χ2n) is 10.2. The Morgan fingerprint density at radius 1 is 0.946 bits per heavy atom. The zero-order valence-electron chi connectivity index (χ0n) is 22.2. The van der Waals surface area contributed by atoms with Crippen LogP contribution in [0.1, 0.15) is 81.8 Å². The number of hydrogen-bond donors (Lipinski definition) is 2. The van der Waals surface area contributed by atoms with Gasteiger partial charge in [-0.2, -0.15) is 0 Å². The Morgan fingerprint density at radius 3 is 1.97 bits per heavy atom. The van der Waals surface area contributed by atoms with Crippen molar-refractivity contribution in [2.45, 2.75) is 77.0 Å². The number of halogens is 1. The smallest absolute Gasteiger partial charge is 0.335 e. The van der Waals surface area contributed by atoms with Crippen LogP contribution < -0.4 is 0 Å². The van der Waals surface area contributed by atoms with Gasteiger partial charge < -0.3 is 19.7 Å². The summed E-state index contributed by atoms with van der Waals surface area (Å²) in [5.41, 5.74) is 0.935. The fourth-order valence-corrected chi connectivity index (χ4v) is 4.80. The van der Waals surface area contributed by atoms with E-state index in [2.05, 4.69) is 20.1 Å². The molecular weight excluding hydrogens is 475 g/mol. The molecule has 1 saturated carbocycles. The van der Waals surface area contributed by atoms with Crippen molar-refractivity contribution in [2.24, 2.45) is 11.8 Å². The van der Waals surface area contributed by atoms with Gasteiger partial charge in [0.05, 0.1) is 30.3 Å². The van der Waals surface area contributed by atoms with E-state index in [1.165, 1.54) is 57.4 Å². The van der Waals surface area contributed by atoms with Gasteiger partial charge in [-0.1, -0.05) is 83.6 Å². The molecular formula is C30H43FO6. The summed E-state index contributed by atoms with van der Waals surface area (Å²) in [6.07, 6.45) is 11.9. The number of carbonyl (C=O) groups is 2. The van der Waals surface area contributed by atoms with Crippen molar-refractivity contribution >= 4 is 11.9 Å². The molecule has 0 radical (unpaired) electrons. The molecule has 37 heavy (non-hydrogen) atoms. The largest absolute Gasteiger partial charge is 0.461 e. The van der Waals surface area contributed by atoms with Crippen LogP contribution in [0.5, 0.6) is 0 Å². The molecule has 0 spiro atoms. The number of rotatable bonds is 16. The van der Waals surface area contributed by atoms with Crippen LogP contribution in [0.4, 0.5) is 4.39 Å². The second-order valence-corrected chi connectivity index (χ2v) is 10.2. The molecule has 0 aliphatic heterocycles. The summed E-state index contributed by atoms with van der Waals surface area (Å²) >= 11 is 0. The Balaban J connectivity index is 1.97. The molecule has 206 valence electrons. The van der Waals surface area contributed by atoms with Gasteiger partial charge in [-0.3, -0.25) is 0 Å². The van der Waals surface area contributed by atoms with Gasteiger partial charge in [0.2, 0.25) is 0 Å². The number of aliphatic hydroxyl groups excluding tert-OH is 2. The molecule has 1 aromatic rings. The lowest BCUT2D eigenvalue weighted by molar-refractivity contribution is -0.142. The molecule has 7 heteroatoms. The molecule has 0 aromatic heterocycles. The predicted octanol–water partition coefficient (Wildman–Crippen LogP) is 5.41. The zero-order valence-corrected chi connectivity index (χ0v) is 22.2. The van der Waals surface area contributed by atoms with E-state index in [1.807, 2.05) is 0 Å². The van der Waals surface area contributed by atoms with Crippen molar-refractivity contribution in [3.8, 4) is 0 Å². The first kappa shape index (κ1) is 30.7. The van der Waals surface area contributed by atoms with E-state index in [-0.39, 0.29) is 30.2 Å². The first-order valence-corrected chi connectivity index (χ1v) is 13.5. The molecule has 1 fully saturated rings. The van der Waals surface area contributed by atoms with Crippen LogP contribution >= 0.6 is 0 Å². The van der Waals surface area contributed by atoms with E-state index in [0.717, 1.165) is 12.3 Å². The van der Waals surface area contributed by atoms with E-state index in [0.29, 0.717) is 23.5 Å². The summed E-state index contributed by atoms with van der Waals surface area (Å²) in [6, 6.07) is 4.90. The maximum atomic E-state index is 15.1. The lowest BCUT2D eigenvalue weighted by atomic mass is 9.77. The summed E-state index contributed by atoms with van der Waals surface area (Å²) in [7, 11) is 0. The average molecular weight is 519 g/mol. The minimum atomic E-state index is -0.782. The zero-order chi connectivity index (χ0) is 27.2. The quantitative estimate of drug-likeness (QED) is 0.173. The fourth-order valence-electron chi connectivity index (χ4n) is 4.80. The number of ether oxygens (including phenoxy) is 2. The molecule has 0 saturated heterocycles. The molecule has 0 unspecified atom stereocenters. The molecule has 6 nitrogen and oxygen atoms in total. The van der Waals surface area contributed by atoms with E-state index in [1.54, 1.807) is 12.1 Å². The maximum Gasteiger partial charge on any atom is 0.335 e. The molecule has 0 bridgehead atoms. The number of hydrogen-bond acceptors (Lipinski definition) is 6. The van der Waals surface area contributed by atoms with Gasteiger partial charge in [-0.15, -0.1) is 0 Å². The second kappa shape index (κ2) is 16.4. The van der Waals surface area contributed by atoms with Crippen molar-refractivity contribution in [1.29, 1.82) is 0 Å². The van der Waals surface area contributed by atoms with Crippen molar-refractivity contribution in [3.63, 3.8) is 0 Å². The topological polar surface area (TPSA) is 93.1 Å². The third-order valence-corrected chi connectivity index (χ3v) is 7.34. The Kier molecular flexibility index (Phi) is 13.6. The van der Waals surface area contributed by atoms with Crippen LogP contribution in [0.3, 0.4) is 0 Å². The number of aryl methyl sites for hydroxylation is 1. The average Bonchev–Trinajstić information content (AvgIpc) is 2.91. The SMILES string of the molecule is C=C(CO)C(=O)OCC(COC(=O)C(=C)CO)c1ccc(CCC2CCC(CCCCC)CC2)c(F)c1. The summed E-state index contributed by atoms with van der Waals surface area (Å²) in [5, 5.41) is 18.1. The van der Waals surface area contributed by atoms with Gasteiger partial charge in [0.15, 0.2) is 0 Å². The Hall–Kier alpha value is -2.51. The molecule has 2 rings (SSSR count). The van der Waals surface area contributed by atoms with Crippen molar-refractivity contribution in [1.82, 2.24) is 0 Å². The molecule has 2 N–H and O–H groups in total. The Morgan fingerprint density at radius 2 is 1.49 bits per heavy atom. The lowest BCUT2D eigenvalue weighted by Crippen LogP contribution is -2.22. The van der Waals surface area contributed by atoms with Crippen LogP contribution in [-0.4, -0.2) is 48.6 Å². The minimum absolute atomic E-state index is 0.110. The van der Waals surface area contributed by atoms with E-state index in [9.17, 15) is 9.59 Å². The minimum Gasteiger partial charge on any atom is -0.461 e. The number of carbonyl (C=O) groups excluding carboxylic acids is 2. The summed E-state index contributed by atoms with van der Waals surface area (Å²) < 4.78 is 25.4. The molecule has 0 atom stereocenters. The van der Waals surface area contributed by atoms with Crippen LogP contribution in [0.15, 0.2) is 42.5 Å². The molecule has 1 aliphatic carbocycles. The normalized spacial score (nSPS) is 17.4. The molecule has 0 amide bonds. The highest BCUT2D eigenvalue weighted by atomic mass is 19.1. The molecule has 1 aromatic carbocycles. The fraction of sp³-hybridized carbons (Fsp3) is 0.600. The summed E-state index contributed by atoms with van der Waals surface area (Å²) in [4.78, 5) is 23.9. The summed E-state index contributed by atoms with van der Waals surface area (Å²) in [6.45, 7) is 7.61. The van der Waals surface area contributed by atoms with E-state index in [4.69, 9.17) is 19.7 Å². The molecule has 1 aliphatic rings. The standard InChI is InChI=1S/C30H43FO6/c1-4-5-6-7-23-8-10-24(11-9-23)12-13-25-14-15-26(16-28(25)31)27(19-36-29(34)21(2)17-32)20-37-30(35)22(3)18-33/h14-16,23-24,27,32-33H,2-13,17-20H2,1H3. The predicted molar refractivity (Wildman–Crippen MR) is 141 cm³/mol. The first-order valence-electron chi connectivity index (χ1n) is 13.5. The van der Waals surface area contributed by atoms with E-state index >= 15 is 4.39 Å². The monoisotopic (exact) mass is 518 g/mol. The van der Waals surface area contributed by atoms with Crippen LogP contribution in [0, 0.1) is 17.7 Å². The van der Waals surface area contributed by atoms with Gasteiger partial charge >= 0.3 is 11.9 Å². The third-order valence-electron chi connectivity index (χ3n) is 7.34. The highest BCUT2D eigenvalue weighted by molar-refractivity contribution is 5.88.